The number of amides is 2. The summed E-state index contributed by atoms with van der Waals surface area (Å²) in [4.78, 5) is 31.4. The number of carbonyl (C=O) groups excluding carboxylic acids is 2. The van der Waals surface area contributed by atoms with Gasteiger partial charge in [0.2, 0.25) is 11.8 Å². The molecule has 0 bridgehead atoms. The first-order valence-corrected chi connectivity index (χ1v) is 11.5. The van der Waals surface area contributed by atoms with Gasteiger partial charge in [0.15, 0.2) is 0 Å². The van der Waals surface area contributed by atoms with E-state index in [0.29, 0.717) is 26.2 Å². The molecule has 0 spiro atoms. The summed E-state index contributed by atoms with van der Waals surface area (Å²) in [5, 5.41) is 4.50. The van der Waals surface area contributed by atoms with E-state index >= 15 is 0 Å². The fraction of sp³-hybridized carbons (Fsp3) is 0.542. The third-order valence-electron chi connectivity index (χ3n) is 6.47. The van der Waals surface area contributed by atoms with Gasteiger partial charge in [0.1, 0.15) is 0 Å². The second-order valence-electron chi connectivity index (χ2n) is 8.56. The molecule has 4 rings (SSSR count). The lowest BCUT2D eigenvalue weighted by Gasteiger charge is -2.35. The molecular formula is C24H33N5O3. The molecule has 0 radical (unpaired) electrons. The Bertz CT molecular complexity index is 886. The van der Waals surface area contributed by atoms with Crippen LogP contribution in [0.15, 0.2) is 42.6 Å². The van der Waals surface area contributed by atoms with Crippen molar-refractivity contribution in [3.05, 3.63) is 48.3 Å². The summed E-state index contributed by atoms with van der Waals surface area (Å²) in [7, 11) is 0. The molecule has 2 aromatic rings. The Labute approximate surface area is 189 Å². The van der Waals surface area contributed by atoms with Gasteiger partial charge < -0.3 is 14.5 Å². The predicted molar refractivity (Wildman–Crippen MR) is 121 cm³/mol. The van der Waals surface area contributed by atoms with E-state index in [1.54, 1.807) is 13.1 Å². The fourth-order valence-corrected chi connectivity index (χ4v) is 4.50. The zero-order chi connectivity index (χ0) is 22.3. The number of carbonyl (C=O) groups is 2. The molecule has 32 heavy (non-hydrogen) atoms. The molecule has 3 heterocycles. The molecule has 172 valence electrons. The summed E-state index contributed by atoms with van der Waals surface area (Å²) in [5.74, 6) is 0.234. The molecule has 8 nitrogen and oxygen atoms in total. The van der Waals surface area contributed by atoms with Crippen LogP contribution in [0.2, 0.25) is 0 Å². The fourth-order valence-electron chi connectivity index (χ4n) is 4.50. The lowest BCUT2D eigenvalue weighted by molar-refractivity contribution is -0.141. The Hall–Kier alpha value is -2.71. The summed E-state index contributed by atoms with van der Waals surface area (Å²) >= 11 is 0. The number of benzene rings is 1. The van der Waals surface area contributed by atoms with E-state index in [0.717, 1.165) is 57.1 Å². The van der Waals surface area contributed by atoms with E-state index in [4.69, 9.17) is 4.74 Å². The molecule has 2 fully saturated rings. The van der Waals surface area contributed by atoms with Crippen molar-refractivity contribution < 1.29 is 14.3 Å². The van der Waals surface area contributed by atoms with Crippen molar-refractivity contribution in [3.63, 3.8) is 0 Å². The van der Waals surface area contributed by atoms with Crippen molar-refractivity contribution in [1.82, 2.24) is 24.5 Å². The van der Waals surface area contributed by atoms with Gasteiger partial charge in [-0.3, -0.25) is 14.5 Å². The minimum absolute atomic E-state index is 0.0385. The van der Waals surface area contributed by atoms with Crippen molar-refractivity contribution in [1.29, 1.82) is 0 Å². The summed E-state index contributed by atoms with van der Waals surface area (Å²) in [5.41, 5.74) is 1.98. The highest BCUT2D eigenvalue weighted by molar-refractivity contribution is 5.79. The van der Waals surface area contributed by atoms with Crippen LogP contribution in [0.3, 0.4) is 0 Å². The number of morpholine rings is 1. The maximum Gasteiger partial charge on any atom is 0.226 e. The van der Waals surface area contributed by atoms with Crippen molar-refractivity contribution in [2.45, 2.75) is 26.3 Å². The van der Waals surface area contributed by atoms with E-state index in [-0.39, 0.29) is 17.7 Å². The van der Waals surface area contributed by atoms with E-state index < -0.39 is 0 Å². The monoisotopic (exact) mass is 439 g/mol. The van der Waals surface area contributed by atoms with Crippen LogP contribution in [-0.4, -0.2) is 88.8 Å². The number of para-hydroxylation sites is 1. The second kappa shape index (κ2) is 10.7. The van der Waals surface area contributed by atoms with Crippen molar-refractivity contribution in [3.8, 4) is 5.69 Å². The van der Waals surface area contributed by atoms with E-state index in [9.17, 15) is 9.59 Å². The first-order chi connectivity index (χ1) is 15.6. The molecule has 0 atom stereocenters. The first-order valence-electron chi connectivity index (χ1n) is 11.5. The van der Waals surface area contributed by atoms with Gasteiger partial charge >= 0.3 is 0 Å². The third kappa shape index (κ3) is 5.55. The molecule has 2 saturated heterocycles. The second-order valence-corrected chi connectivity index (χ2v) is 8.56. The van der Waals surface area contributed by atoms with Crippen LogP contribution in [0.5, 0.6) is 0 Å². The molecule has 0 saturated carbocycles. The van der Waals surface area contributed by atoms with Crippen molar-refractivity contribution in [2.75, 3.05) is 52.5 Å². The van der Waals surface area contributed by atoms with E-state index in [2.05, 4.69) is 10.00 Å². The van der Waals surface area contributed by atoms with Crippen molar-refractivity contribution in [2.24, 2.45) is 5.92 Å². The number of rotatable bonds is 7. The molecule has 2 aliphatic rings. The zero-order valence-corrected chi connectivity index (χ0v) is 18.9. The molecule has 1 aromatic carbocycles. The van der Waals surface area contributed by atoms with Crippen molar-refractivity contribution >= 4 is 11.8 Å². The van der Waals surface area contributed by atoms with Crippen LogP contribution in [0.25, 0.3) is 5.69 Å². The lowest BCUT2D eigenvalue weighted by atomic mass is 9.95. The normalized spacial score (nSPS) is 18.0. The lowest BCUT2D eigenvalue weighted by Crippen LogP contribution is -2.47. The van der Waals surface area contributed by atoms with Gasteiger partial charge in [-0.15, -0.1) is 0 Å². The van der Waals surface area contributed by atoms with Crippen LogP contribution < -0.4 is 0 Å². The van der Waals surface area contributed by atoms with Crippen LogP contribution in [0.4, 0.5) is 0 Å². The van der Waals surface area contributed by atoms with E-state index in [1.807, 2.05) is 50.9 Å². The Kier molecular flexibility index (Phi) is 7.55. The quantitative estimate of drug-likeness (QED) is 0.658. The Balaban J connectivity index is 1.47. The van der Waals surface area contributed by atoms with E-state index in [1.165, 1.54) is 0 Å². The van der Waals surface area contributed by atoms with Gasteiger partial charge in [0, 0.05) is 58.3 Å². The van der Waals surface area contributed by atoms with Gasteiger partial charge in [0.25, 0.3) is 0 Å². The molecule has 0 unspecified atom stereocenters. The van der Waals surface area contributed by atoms with Crippen LogP contribution in [-0.2, 0) is 20.9 Å². The average Bonchev–Trinajstić information content (AvgIpc) is 3.31. The smallest absolute Gasteiger partial charge is 0.226 e. The number of aromatic nitrogens is 2. The summed E-state index contributed by atoms with van der Waals surface area (Å²) in [6, 6.07) is 12.0. The number of nitrogens with zero attached hydrogens (tertiary/aromatic N) is 5. The highest BCUT2D eigenvalue weighted by atomic mass is 16.5. The SMILES string of the molecule is CC(=O)N1CCC(C(=O)N(CCN2CCOCC2)Cc2ccnn2-c2ccccc2)CC1. The highest BCUT2D eigenvalue weighted by Gasteiger charge is 2.30. The topological polar surface area (TPSA) is 70.9 Å². The Morgan fingerprint density at radius 3 is 2.47 bits per heavy atom. The van der Waals surface area contributed by atoms with Crippen LogP contribution in [0.1, 0.15) is 25.5 Å². The molecule has 8 heteroatoms. The minimum atomic E-state index is -0.0385. The molecule has 2 amide bonds. The molecule has 2 aliphatic heterocycles. The Morgan fingerprint density at radius 2 is 1.78 bits per heavy atom. The Morgan fingerprint density at radius 1 is 1.06 bits per heavy atom. The zero-order valence-electron chi connectivity index (χ0n) is 18.9. The molecule has 1 aromatic heterocycles. The minimum Gasteiger partial charge on any atom is -0.379 e. The maximum absolute atomic E-state index is 13.6. The molecular weight excluding hydrogens is 406 g/mol. The standard InChI is InChI=1S/C24H33N5O3/c1-20(30)27-11-8-21(9-12-27)24(31)28(14-13-26-15-17-32-18-16-26)19-23-7-10-25-29(23)22-5-3-2-4-6-22/h2-7,10,21H,8-9,11-19H2,1H3. The number of piperidine rings is 1. The number of likely N-dealkylation sites (tertiary alicyclic amines) is 1. The van der Waals surface area contributed by atoms with Gasteiger partial charge in [-0.1, -0.05) is 18.2 Å². The number of ether oxygens (including phenoxy) is 1. The van der Waals surface area contributed by atoms with Crippen LogP contribution >= 0.6 is 0 Å². The molecule has 0 aliphatic carbocycles. The van der Waals surface area contributed by atoms with Gasteiger partial charge in [0.05, 0.1) is 31.1 Å². The highest BCUT2D eigenvalue weighted by Crippen LogP contribution is 2.22. The third-order valence-corrected chi connectivity index (χ3v) is 6.47. The van der Waals surface area contributed by atoms with Gasteiger partial charge in [-0.25, -0.2) is 4.68 Å². The largest absolute Gasteiger partial charge is 0.379 e. The summed E-state index contributed by atoms with van der Waals surface area (Å²) in [6.45, 7) is 8.24. The summed E-state index contributed by atoms with van der Waals surface area (Å²) < 4.78 is 7.37. The predicted octanol–water partition coefficient (Wildman–Crippen LogP) is 1.79. The van der Waals surface area contributed by atoms with Crippen LogP contribution in [0, 0.1) is 5.92 Å². The number of hydrogen-bond acceptors (Lipinski definition) is 5. The molecule has 0 N–H and O–H groups in total. The van der Waals surface area contributed by atoms with Gasteiger partial charge in [-0.2, -0.15) is 5.10 Å². The number of hydrogen-bond donors (Lipinski definition) is 0. The average molecular weight is 440 g/mol. The maximum atomic E-state index is 13.6. The summed E-state index contributed by atoms with van der Waals surface area (Å²) in [6.07, 6.45) is 3.24. The van der Waals surface area contributed by atoms with Gasteiger partial charge in [-0.05, 0) is 31.0 Å². The first kappa shape index (κ1) is 22.5.